The summed E-state index contributed by atoms with van der Waals surface area (Å²) < 4.78 is 0. The summed E-state index contributed by atoms with van der Waals surface area (Å²) in [5, 5.41) is 0. The Morgan fingerprint density at radius 1 is 1.10 bits per heavy atom. The standard InChI is InChI=1S/C16H30N4/c1-13-3-2-8-20(12-13)16(17)18-11-14-6-9-19(10-7-14)15-4-5-15/h13-15H,2-12H2,1H3,(H2,17,18). The van der Waals surface area contributed by atoms with Crippen molar-refractivity contribution < 1.29 is 0 Å². The van der Waals surface area contributed by atoms with Crippen molar-refractivity contribution >= 4 is 5.96 Å². The zero-order chi connectivity index (χ0) is 13.9. The molecule has 0 spiro atoms. The summed E-state index contributed by atoms with van der Waals surface area (Å²) in [4.78, 5) is 9.65. The Morgan fingerprint density at radius 2 is 1.85 bits per heavy atom. The quantitative estimate of drug-likeness (QED) is 0.633. The summed E-state index contributed by atoms with van der Waals surface area (Å²) >= 11 is 0. The van der Waals surface area contributed by atoms with Crippen LogP contribution in [0.2, 0.25) is 0 Å². The normalized spacial score (nSPS) is 30.8. The SMILES string of the molecule is CC1CCCN(C(N)=NCC2CCN(C3CC3)CC2)C1. The number of likely N-dealkylation sites (tertiary alicyclic amines) is 2. The first-order valence-electron chi connectivity index (χ1n) is 8.51. The van der Waals surface area contributed by atoms with Crippen molar-refractivity contribution in [2.45, 2.75) is 51.5 Å². The van der Waals surface area contributed by atoms with Crippen LogP contribution >= 0.6 is 0 Å². The van der Waals surface area contributed by atoms with E-state index in [1.54, 1.807) is 0 Å². The highest BCUT2D eigenvalue weighted by molar-refractivity contribution is 5.78. The fourth-order valence-corrected chi connectivity index (χ4v) is 3.66. The van der Waals surface area contributed by atoms with Crippen molar-refractivity contribution in [2.75, 3.05) is 32.7 Å². The predicted molar refractivity (Wildman–Crippen MR) is 83.8 cm³/mol. The van der Waals surface area contributed by atoms with Crippen LogP contribution in [0.1, 0.15) is 45.4 Å². The van der Waals surface area contributed by atoms with Gasteiger partial charge in [0.05, 0.1) is 0 Å². The van der Waals surface area contributed by atoms with Gasteiger partial charge in [-0.25, -0.2) is 0 Å². The molecule has 2 N–H and O–H groups in total. The maximum Gasteiger partial charge on any atom is 0.191 e. The van der Waals surface area contributed by atoms with Crippen molar-refractivity contribution in [1.29, 1.82) is 0 Å². The monoisotopic (exact) mass is 278 g/mol. The van der Waals surface area contributed by atoms with E-state index in [0.29, 0.717) is 0 Å². The number of guanidine groups is 1. The van der Waals surface area contributed by atoms with E-state index in [1.807, 2.05) is 0 Å². The molecular formula is C16H30N4. The molecule has 0 bridgehead atoms. The number of nitrogens with zero attached hydrogens (tertiary/aromatic N) is 3. The number of aliphatic imine (C=N–C) groups is 1. The van der Waals surface area contributed by atoms with Crippen LogP contribution in [0, 0.1) is 11.8 Å². The Hall–Kier alpha value is -0.770. The molecule has 0 aromatic carbocycles. The number of nitrogens with two attached hydrogens (primary N) is 1. The lowest BCUT2D eigenvalue weighted by atomic mass is 9.97. The molecule has 0 aromatic rings. The third kappa shape index (κ3) is 3.66. The van der Waals surface area contributed by atoms with Gasteiger partial charge in [-0.3, -0.25) is 4.99 Å². The van der Waals surface area contributed by atoms with E-state index in [2.05, 4.69) is 16.7 Å². The minimum Gasteiger partial charge on any atom is -0.370 e. The van der Waals surface area contributed by atoms with Gasteiger partial charge in [-0.15, -0.1) is 0 Å². The zero-order valence-corrected chi connectivity index (χ0v) is 12.9. The Morgan fingerprint density at radius 3 is 2.50 bits per heavy atom. The van der Waals surface area contributed by atoms with Gasteiger partial charge >= 0.3 is 0 Å². The third-order valence-corrected chi connectivity index (χ3v) is 5.20. The molecule has 4 heteroatoms. The molecule has 1 saturated carbocycles. The van der Waals surface area contributed by atoms with Crippen LogP contribution in [0.25, 0.3) is 0 Å². The first kappa shape index (κ1) is 14.2. The zero-order valence-electron chi connectivity index (χ0n) is 12.9. The van der Waals surface area contributed by atoms with Gasteiger partial charge in [0.1, 0.15) is 0 Å². The van der Waals surface area contributed by atoms with Crippen molar-refractivity contribution in [3.8, 4) is 0 Å². The fraction of sp³-hybridized carbons (Fsp3) is 0.938. The molecular weight excluding hydrogens is 248 g/mol. The van der Waals surface area contributed by atoms with Gasteiger partial charge < -0.3 is 15.5 Å². The molecule has 0 amide bonds. The van der Waals surface area contributed by atoms with Crippen molar-refractivity contribution in [3.05, 3.63) is 0 Å². The van der Waals surface area contributed by atoms with Crippen molar-refractivity contribution in [2.24, 2.45) is 22.6 Å². The lowest BCUT2D eigenvalue weighted by molar-refractivity contribution is 0.179. The molecule has 3 fully saturated rings. The van der Waals surface area contributed by atoms with E-state index in [-0.39, 0.29) is 0 Å². The minimum absolute atomic E-state index is 0.755. The molecule has 20 heavy (non-hydrogen) atoms. The molecule has 0 radical (unpaired) electrons. The van der Waals surface area contributed by atoms with Gasteiger partial charge in [-0.1, -0.05) is 6.92 Å². The van der Waals surface area contributed by atoms with Gasteiger partial charge in [0, 0.05) is 25.7 Å². The summed E-state index contributed by atoms with van der Waals surface area (Å²) in [6, 6.07) is 0.930. The topological polar surface area (TPSA) is 44.9 Å². The van der Waals surface area contributed by atoms with Crippen molar-refractivity contribution in [1.82, 2.24) is 9.80 Å². The molecule has 114 valence electrons. The van der Waals surface area contributed by atoms with E-state index >= 15 is 0 Å². The van der Waals surface area contributed by atoms with Gasteiger partial charge in [0.2, 0.25) is 0 Å². The molecule has 3 aliphatic rings. The van der Waals surface area contributed by atoms with Gasteiger partial charge in [0.15, 0.2) is 5.96 Å². The Balaban J connectivity index is 1.42. The van der Waals surface area contributed by atoms with E-state index in [1.165, 1.54) is 51.6 Å². The van der Waals surface area contributed by atoms with Crippen LogP contribution in [-0.2, 0) is 0 Å². The van der Waals surface area contributed by atoms with Crippen LogP contribution in [0.15, 0.2) is 4.99 Å². The second kappa shape index (κ2) is 6.33. The molecule has 2 aliphatic heterocycles. The molecule has 0 aromatic heterocycles. The van der Waals surface area contributed by atoms with Crippen LogP contribution in [0.5, 0.6) is 0 Å². The first-order chi connectivity index (χ1) is 9.72. The van der Waals surface area contributed by atoms with E-state index in [4.69, 9.17) is 10.7 Å². The largest absolute Gasteiger partial charge is 0.370 e. The maximum atomic E-state index is 6.18. The van der Waals surface area contributed by atoms with Crippen molar-refractivity contribution in [3.63, 3.8) is 0 Å². The summed E-state index contributed by atoms with van der Waals surface area (Å²) in [6.45, 7) is 8.01. The van der Waals surface area contributed by atoms with Crippen LogP contribution in [-0.4, -0.2) is 54.5 Å². The lowest BCUT2D eigenvalue weighted by Crippen LogP contribution is -2.44. The van der Waals surface area contributed by atoms with E-state index in [9.17, 15) is 0 Å². The molecule has 4 nitrogen and oxygen atoms in total. The number of hydrogen-bond acceptors (Lipinski definition) is 2. The predicted octanol–water partition coefficient (Wildman–Crippen LogP) is 1.91. The highest BCUT2D eigenvalue weighted by Crippen LogP contribution is 2.30. The molecule has 3 rings (SSSR count). The number of hydrogen-bond donors (Lipinski definition) is 1. The molecule has 1 unspecified atom stereocenters. The minimum atomic E-state index is 0.755. The second-order valence-corrected chi connectivity index (χ2v) is 7.10. The summed E-state index contributed by atoms with van der Waals surface area (Å²) in [5.41, 5.74) is 6.18. The molecule has 1 atom stereocenters. The maximum absolute atomic E-state index is 6.18. The number of rotatable bonds is 3. The molecule has 2 heterocycles. The van der Waals surface area contributed by atoms with Gasteiger partial charge in [-0.05, 0) is 63.5 Å². The first-order valence-corrected chi connectivity index (χ1v) is 8.51. The Labute approximate surface area is 123 Å². The van der Waals surface area contributed by atoms with E-state index < -0.39 is 0 Å². The molecule has 2 saturated heterocycles. The summed E-state index contributed by atoms with van der Waals surface area (Å²) in [7, 11) is 0. The smallest absolute Gasteiger partial charge is 0.191 e. The van der Waals surface area contributed by atoms with Gasteiger partial charge in [0.25, 0.3) is 0 Å². The fourth-order valence-electron chi connectivity index (χ4n) is 3.66. The average Bonchev–Trinajstić information content (AvgIpc) is 3.30. The second-order valence-electron chi connectivity index (χ2n) is 7.10. The highest BCUT2D eigenvalue weighted by Gasteiger charge is 2.31. The lowest BCUT2D eigenvalue weighted by Gasteiger charge is -2.33. The highest BCUT2D eigenvalue weighted by atomic mass is 15.3. The third-order valence-electron chi connectivity index (χ3n) is 5.20. The average molecular weight is 278 g/mol. The number of piperidine rings is 2. The van der Waals surface area contributed by atoms with Gasteiger partial charge in [-0.2, -0.15) is 0 Å². The van der Waals surface area contributed by atoms with Crippen LogP contribution < -0.4 is 5.73 Å². The summed E-state index contributed by atoms with van der Waals surface area (Å²) in [6.07, 6.45) is 8.08. The Bertz CT molecular complexity index is 342. The van der Waals surface area contributed by atoms with Crippen LogP contribution in [0.4, 0.5) is 0 Å². The molecule has 1 aliphatic carbocycles. The Kier molecular flexibility index (Phi) is 4.49. The van der Waals surface area contributed by atoms with E-state index in [0.717, 1.165) is 43.5 Å². The summed E-state index contributed by atoms with van der Waals surface area (Å²) in [5.74, 6) is 2.31. The van der Waals surface area contributed by atoms with Crippen LogP contribution in [0.3, 0.4) is 0 Å².